The molecule has 0 unspecified atom stereocenters. The van der Waals surface area contributed by atoms with E-state index >= 15 is 0 Å². The number of ether oxygens (including phenoxy) is 3. The smallest absolute Gasteiger partial charge is 0.408 e. The average Bonchev–Trinajstić information content (AvgIpc) is 2.80. The molecule has 0 aromatic heterocycles. The van der Waals surface area contributed by atoms with Gasteiger partial charge in [0.05, 0.1) is 25.6 Å². The van der Waals surface area contributed by atoms with Gasteiger partial charge in [-0.05, 0) is 31.7 Å². The van der Waals surface area contributed by atoms with Crippen LogP contribution in [0.15, 0.2) is 30.3 Å². The van der Waals surface area contributed by atoms with Crippen molar-refractivity contribution in [3.8, 4) is 0 Å². The van der Waals surface area contributed by atoms with E-state index in [-0.39, 0.29) is 32.2 Å². The van der Waals surface area contributed by atoms with Crippen LogP contribution in [0.1, 0.15) is 46.1 Å². The quantitative estimate of drug-likeness (QED) is 0.259. The van der Waals surface area contributed by atoms with Gasteiger partial charge in [0.15, 0.2) is 0 Å². The fourth-order valence-electron chi connectivity index (χ4n) is 3.22. The summed E-state index contributed by atoms with van der Waals surface area (Å²) in [4.78, 5) is 62.1. The number of alkyl carbamates (subject to hydrolysis) is 1. The molecule has 3 amide bonds. The summed E-state index contributed by atoms with van der Waals surface area (Å²) in [6.45, 7) is 6.87. The van der Waals surface area contributed by atoms with Crippen molar-refractivity contribution < 1.29 is 38.2 Å². The second kappa shape index (κ2) is 15.3. The maximum atomic E-state index is 13.0. The third-order valence-corrected chi connectivity index (χ3v) is 4.82. The van der Waals surface area contributed by atoms with E-state index in [0.717, 1.165) is 5.56 Å². The van der Waals surface area contributed by atoms with Gasteiger partial charge in [-0.2, -0.15) is 0 Å². The molecule has 194 valence electrons. The third kappa shape index (κ3) is 10.9. The first-order valence-electron chi connectivity index (χ1n) is 11.5. The van der Waals surface area contributed by atoms with Crippen LogP contribution in [0.2, 0.25) is 0 Å². The van der Waals surface area contributed by atoms with E-state index < -0.39 is 54.3 Å². The molecule has 11 nitrogen and oxygen atoms in total. The standard InChI is InChI=1S/C24H35N3O8/c1-5-33-19(28)13-17(23(31)34-6-2)20(21(25)29)27-22(30)18(12-15(3)4)26-24(32)35-14-16-10-8-7-9-11-16/h7-11,15,17-18,20H,5-6,12-14H2,1-4H3,(H2,25,29)(H,26,32)(H,27,30)/t17-,18-,20-/m0/s1. The first kappa shape index (κ1) is 29.4. The largest absolute Gasteiger partial charge is 0.466 e. The van der Waals surface area contributed by atoms with Gasteiger partial charge >= 0.3 is 18.0 Å². The normalized spacial score (nSPS) is 13.2. The van der Waals surface area contributed by atoms with Crippen molar-refractivity contribution in [3.05, 3.63) is 35.9 Å². The maximum absolute atomic E-state index is 13.0. The molecule has 0 spiro atoms. The summed E-state index contributed by atoms with van der Waals surface area (Å²) < 4.78 is 15.0. The van der Waals surface area contributed by atoms with E-state index in [9.17, 15) is 24.0 Å². The lowest BCUT2D eigenvalue weighted by Crippen LogP contribution is -2.57. The fourth-order valence-corrected chi connectivity index (χ4v) is 3.22. The number of amides is 3. The monoisotopic (exact) mass is 493 g/mol. The van der Waals surface area contributed by atoms with Gasteiger partial charge in [0.2, 0.25) is 11.8 Å². The zero-order chi connectivity index (χ0) is 26.4. The molecular formula is C24H35N3O8. The van der Waals surface area contributed by atoms with Crippen molar-refractivity contribution in [1.82, 2.24) is 10.6 Å². The molecule has 0 fully saturated rings. The Kier molecular flexibility index (Phi) is 12.9. The topological polar surface area (TPSA) is 163 Å². The lowest BCUT2D eigenvalue weighted by atomic mass is 9.94. The molecule has 0 aliphatic carbocycles. The van der Waals surface area contributed by atoms with Crippen molar-refractivity contribution in [3.63, 3.8) is 0 Å². The predicted molar refractivity (Wildman–Crippen MR) is 126 cm³/mol. The molecule has 0 heterocycles. The lowest BCUT2D eigenvalue weighted by Gasteiger charge is -2.26. The average molecular weight is 494 g/mol. The van der Waals surface area contributed by atoms with Gasteiger partial charge in [0.1, 0.15) is 18.7 Å². The summed E-state index contributed by atoms with van der Waals surface area (Å²) >= 11 is 0. The molecule has 0 aliphatic heterocycles. The minimum Gasteiger partial charge on any atom is -0.466 e. The first-order valence-corrected chi connectivity index (χ1v) is 11.5. The van der Waals surface area contributed by atoms with Crippen molar-refractivity contribution in [1.29, 1.82) is 0 Å². The molecule has 1 rings (SSSR count). The van der Waals surface area contributed by atoms with E-state index in [1.54, 1.807) is 38.1 Å². The van der Waals surface area contributed by atoms with Crippen molar-refractivity contribution in [2.24, 2.45) is 17.6 Å². The molecule has 1 aromatic rings. The number of hydrogen-bond donors (Lipinski definition) is 3. The Hall–Kier alpha value is -3.63. The first-order chi connectivity index (χ1) is 16.6. The Morgan fingerprint density at radius 1 is 0.914 bits per heavy atom. The minimum absolute atomic E-state index is 0.00290. The van der Waals surface area contributed by atoms with Crippen LogP contribution in [0, 0.1) is 11.8 Å². The predicted octanol–water partition coefficient (Wildman–Crippen LogP) is 1.43. The molecule has 0 bridgehead atoms. The summed E-state index contributed by atoms with van der Waals surface area (Å²) in [6.07, 6.45) is -1.15. The Morgan fingerprint density at radius 2 is 1.54 bits per heavy atom. The Balaban J connectivity index is 2.99. The number of carbonyl (C=O) groups excluding carboxylic acids is 5. The van der Waals surface area contributed by atoms with Crippen LogP contribution in [-0.4, -0.2) is 55.1 Å². The number of primary amides is 1. The van der Waals surface area contributed by atoms with Gasteiger partial charge in [-0.3, -0.25) is 19.2 Å². The number of carbonyl (C=O) groups is 5. The zero-order valence-electron chi connectivity index (χ0n) is 20.6. The molecule has 1 aromatic carbocycles. The van der Waals surface area contributed by atoms with Crippen LogP contribution < -0.4 is 16.4 Å². The number of rotatable bonds is 14. The van der Waals surface area contributed by atoms with E-state index in [4.69, 9.17) is 19.9 Å². The van der Waals surface area contributed by atoms with Gasteiger partial charge in [-0.15, -0.1) is 0 Å². The van der Waals surface area contributed by atoms with E-state index in [1.165, 1.54) is 0 Å². The highest BCUT2D eigenvalue weighted by Crippen LogP contribution is 2.15. The van der Waals surface area contributed by atoms with Crippen LogP contribution in [0.5, 0.6) is 0 Å². The fraction of sp³-hybridized carbons (Fsp3) is 0.542. The van der Waals surface area contributed by atoms with E-state index in [1.807, 2.05) is 19.9 Å². The summed E-state index contributed by atoms with van der Waals surface area (Å²) in [5, 5.41) is 4.88. The van der Waals surface area contributed by atoms with Crippen LogP contribution in [0.3, 0.4) is 0 Å². The third-order valence-electron chi connectivity index (χ3n) is 4.82. The maximum Gasteiger partial charge on any atom is 0.408 e. The molecule has 0 aliphatic rings. The van der Waals surface area contributed by atoms with Crippen LogP contribution >= 0.6 is 0 Å². The highest BCUT2D eigenvalue weighted by atomic mass is 16.6. The summed E-state index contributed by atoms with van der Waals surface area (Å²) in [7, 11) is 0. The van der Waals surface area contributed by atoms with Crippen LogP contribution in [0.25, 0.3) is 0 Å². The number of nitrogens with one attached hydrogen (secondary N) is 2. The Bertz CT molecular complexity index is 860. The lowest BCUT2D eigenvalue weighted by molar-refractivity contribution is -0.157. The van der Waals surface area contributed by atoms with Gasteiger partial charge in [-0.1, -0.05) is 44.2 Å². The van der Waals surface area contributed by atoms with E-state index in [0.29, 0.717) is 0 Å². The number of nitrogens with two attached hydrogens (primary N) is 1. The zero-order valence-corrected chi connectivity index (χ0v) is 20.6. The van der Waals surface area contributed by atoms with Crippen molar-refractivity contribution >= 4 is 29.8 Å². The van der Waals surface area contributed by atoms with Gasteiger partial charge in [0.25, 0.3) is 0 Å². The highest BCUT2D eigenvalue weighted by Gasteiger charge is 2.38. The highest BCUT2D eigenvalue weighted by molar-refractivity contribution is 5.94. The minimum atomic E-state index is -1.57. The molecule has 3 atom stereocenters. The van der Waals surface area contributed by atoms with Gasteiger partial charge in [0, 0.05) is 0 Å². The van der Waals surface area contributed by atoms with Gasteiger partial charge in [-0.25, -0.2) is 4.79 Å². The number of esters is 2. The summed E-state index contributed by atoms with van der Waals surface area (Å²) in [5.74, 6) is -4.88. The second-order valence-electron chi connectivity index (χ2n) is 8.14. The Morgan fingerprint density at radius 3 is 2.09 bits per heavy atom. The molecule has 35 heavy (non-hydrogen) atoms. The molecule has 0 saturated heterocycles. The molecular weight excluding hydrogens is 458 g/mol. The van der Waals surface area contributed by atoms with Crippen LogP contribution in [-0.2, 0) is 40.0 Å². The van der Waals surface area contributed by atoms with E-state index in [2.05, 4.69) is 10.6 Å². The number of benzene rings is 1. The molecule has 11 heteroatoms. The SMILES string of the molecule is CCOC(=O)C[C@H](C(=O)OCC)[C@H](NC(=O)[C@H](CC(C)C)NC(=O)OCc1ccccc1)C(N)=O. The van der Waals surface area contributed by atoms with Crippen molar-refractivity contribution in [2.75, 3.05) is 13.2 Å². The molecule has 4 N–H and O–H groups in total. The number of hydrogen-bond acceptors (Lipinski definition) is 8. The molecule has 0 radical (unpaired) electrons. The van der Waals surface area contributed by atoms with Crippen LogP contribution in [0.4, 0.5) is 4.79 Å². The molecule has 0 saturated carbocycles. The van der Waals surface area contributed by atoms with Gasteiger partial charge < -0.3 is 30.6 Å². The van der Waals surface area contributed by atoms with Crippen molar-refractivity contribution in [2.45, 2.75) is 59.2 Å². The Labute approximate surface area is 205 Å². The second-order valence-corrected chi connectivity index (χ2v) is 8.14. The summed E-state index contributed by atoms with van der Waals surface area (Å²) in [6, 6.07) is 6.32. The summed E-state index contributed by atoms with van der Waals surface area (Å²) in [5.41, 5.74) is 6.22.